The molecule has 0 unspecified atom stereocenters. The lowest BCUT2D eigenvalue weighted by atomic mass is 10.3. The number of halogens is 2. The second-order valence-electron chi connectivity index (χ2n) is 5.66. The molecule has 28 heavy (non-hydrogen) atoms. The van der Waals surface area contributed by atoms with E-state index < -0.39 is 23.4 Å². The number of carbonyl (C=O) groups is 2. The van der Waals surface area contributed by atoms with Crippen molar-refractivity contribution in [2.45, 2.75) is 5.16 Å². The van der Waals surface area contributed by atoms with E-state index in [-0.39, 0.29) is 17.9 Å². The standard InChI is InChI=1S/C19H16F2N4O2S/c1-28-19-23-10-16(25(19)13-5-3-2-4-6-13)18(27)22-11-17(26)24-12-7-8-14(20)15(21)9-12/h2-10H,11H2,1H3,(H,22,27)(H,24,26). The van der Waals surface area contributed by atoms with Crippen LogP contribution >= 0.6 is 11.8 Å². The van der Waals surface area contributed by atoms with Crippen LogP contribution < -0.4 is 10.6 Å². The number of hydrogen-bond acceptors (Lipinski definition) is 4. The zero-order valence-electron chi connectivity index (χ0n) is 14.8. The van der Waals surface area contributed by atoms with Gasteiger partial charge in [-0.2, -0.15) is 0 Å². The quantitative estimate of drug-likeness (QED) is 0.621. The highest BCUT2D eigenvalue weighted by Gasteiger charge is 2.18. The molecule has 0 atom stereocenters. The Morgan fingerprint density at radius 1 is 1.11 bits per heavy atom. The first-order valence-electron chi connectivity index (χ1n) is 8.20. The zero-order valence-corrected chi connectivity index (χ0v) is 15.6. The third-order valence-electron chi connectivity index (χ3n) is 3.77. The summed E-state index contributed by atoms with van der Waals surface area (Å²) < 4.78 is 27.8. The lowest BCUT2D eigenvalue weighted by Crippen LogP contribution is -2.33. The monoisotopic (exact) mass is 402 g/mol. The molecule has 0 saturated carbocycles. The van der Waals surface area contributed by atoms with Crippen molar-refractivity contribution in [1.82, 2.24) is 14.9 Å². The van der Waals surface area contributed by atoms with Crippen molar-refractivity contribution in [3.05, 3.63) is 72.1 Å². The van der Waals surface area contributed by atoms with E-state index in [1.54, 1.807) is 4.57 Å². The Hall–Kier alpha value is -3.20. The average Bonchev–Trinajstić information content (AvgIpc) is 3.14. The molecule has 0 bridgehead atoms. The predicted molar refractivity (Wildman–Crippen MR) is 103 cm³/mol. The molecule has 9 heteroatoms. The minimum Gasteiger partial charge on any atom is -0.342 e. The van der Waals surface area contributed by atoms with Crippen LogP contribution in [0.2, 0.25) is 0 Å². The van der Waals surface area contributed by atoms with Gasteiger partial charge in [0, 0.05) is 17.4 Å². The summed E-state index contributed by atoms with van der Waals surface area (Å²) in [6.45, 7) is -0.341. The van der Waals surface area contributed by atoms with Gasteiger partial charge in [-0.15, -0.1) is 0 Å². The maximum atomic E-state index is 13.2. The molecule has 0 aliphatic rings. The van der Waals surface area contributed by atoms with Crippen LogP contribution in [-0.4, -0.2) is 34.2 Å². The second kappa shape index (κ2) is 8.66. The van der Waals surface area contributed by atoms with Crippen LogP contribution in [0.15, 0.2) is 59.9 Å². The van der Waals surface area contributed by atoms with Gasteiger partial charge >= 0.3 is 0 Å². The molecule has 0 saturated heterocycles. The van der Waals surface area contributed by atoms with Crippen molar-refractivity contribution in [2.75, 3.05) is 18.1 Å². The molecule has 2 amide bonds. The average molecular weight is 402 g/mol. The summed E-state index contributed by atoms with van der Waals surface area (Å²) >= 11 is 1.38. The molecular weight excluding hydrogens is 386 g/mol. The molecule has 0 radical (unpaired) electrons. The summed E-state index contributed by atoms with van der Waals surface area (Å²) in [4.78, 5) is 28.8. The number of carbonyl (C=O) groups excluding carboxylic acids is 2. The SMILES string of the molecule is CSc1ncc(C(=O)NCC(=O)Nc2ccc(F)c(F)c2)n1-c1ccccc1. The number of imidazole rings is 1. The van der Waals surface area contributed by atoms with Crippen molar-refractivity contribution in [1.29, 1.82) is 0 Å². The van der Waals surface area contributed by atoms with Crippen LogP contribution in [-0.2, 0) is 4.79 Å². The van der Waals surface area contributed by atoms with E-state index in [1.807, 2.05) is 36.6 Å². The van der Waals surface area contributed by atoms with E-state index in [9.17, 15) is 18.4 Å². The summed E-state index contributed by atoms with van der Waals surface area (Å²) in [5.41, 5.74) is 1.13. The van der Waals surface area contributed by atoms with E-state index >= 15 is 0 Å². The number of rotatable bonds is 6. The Kier molecular flexibility index (Phi) is 6.05. The Morgan fingerprint density at radius 3 is 2.54 bits per heavy atom. The van der Waals surface area contributed by atoms with Gasteiger partial charge in [0.05, 0.1) is 12.7 Å². The van der Waals surface area contributed by atoms with Crippen LogP contribution in [0.1, 0.15) is 10.5 Å². The van der Waals surface area contributed by atoms with E-state index in [2.05, 4.69) is 15.6 Å². The van der Waals surface area contributed by atoms with E-state index in [4.69, 9.17) is 0 Å². The summed E-state index contributed by atoms with van der Waals surface area (Å²) in [5.74, 6) is -3.14. The fraction of sp³-hybridized carbons (Fsp3) is 0.105. The van der Waals surface area contributed by atoms with Crippen LogP contribution in [0.4, 0.5) is 14.5 Å². The molecule has 0 aliphatic carbocycles. The number of para-hydroxylation sites is 1. The summed E-state index contributed by atoms with van der Waals surface area (Å²) in [5, 5.41) is 5.52. The second-order valence-corrected chi connectivity index (χ2v) is 6.43. The van der Waals surface area contributed by atoms with Gasteiger partial charge < -0.3 is 10.6 Å². The van der Waals surface area contributed by atoms with E-state index in [0.29, 0.717) is 5.16 Å². The molecule has 0 spiro atoms. The van der Waals surface area contributed by atoms with Gasteiger partial charge in [-0.05, 0) is 30.5 Å². The largest absolute Gasteiger partial charge is 0.342 e. The van der Waals surface area contributed by atoms with Gasteiger partial charge in [-0.25, -0.2) is 13.8 Å². The van der Waals surface area contributed by atoms with Gasteiger partial charge in [0.15, 0.2) is 16.8 Å². The Bertz CT molecular complexity index is 1010. The molecular formula is C19H16F2N4O2S. The highest BCUT2D eigenvalue weighted by molar-refractivity contribution is 7.98. The molecule has 3 aromatic rings. The lowest BCUT2D eigenvalue weighted by molar-refractivity contribution is -0.115. The molecule has 3 rings (SSSR count). The van der Waals surface area contributed by atoms with E-state index in [1.165, 1.54) is 24.0 Å². The van der Waals surface area contributed by atoms with E-state index in [0.717, 1.165) is 17.8 Å². The first-order valence-corrected chi connectivity index (χ1v) is 9.42. The number of hydrogen-bond donors (Lipinski definition) is 2. The van der Waals surface area contributed by atoms with Crippen molar-refractivity contribution < 1.29 is 18.4 Å². The van der Waals surface area contributed by atoms with Gasteiger partial charge in [0.25, 0.3) is 5.91 Å². The maximum Gasteiger partial charge on any atom is 0.270 e. The van der Waals surface area contributed by atoms with Gasteiger partial charge in [-0.3, -0.25) is 14.2 Å². The molecule has 0 fully saturated rings. The highest BCUT2D eigenvalue weighted by Crippen LogP contribution is 2.21. The van der Waals surface area contributed by atoms with Crippen LogP contribution in [0.3, 0.4) is 0 Å². The van der Waals surface area contributed by atoms with Crippen molar-refractivity contribution in [3.8, 4) is 5.69 Å². The molecule has 2 N–H and O–H groups in total. The Labute approximate surface area is 164 Å². The predicted octanol–water partition coefficient (Wildman–Crippen LogP) is 3.24. The zero-order chi connectivity index (χ0) is 20.1. The summed E-state index contributed by atoms with van der Waals surface area (Å²) in [6, 6.07) is 12.2. The number of anilines is 1. The minimum absolute atomic E-state index is 0.0946. The molecule has 0 aliphatic heterocycles. The topological polar surface area (TPSA) is 76.0 Å². The summed E-state index contributed by atoms with van der Waals surface area (Å²) in [6.07, 6.45) is 3.28. The Morgan fingerprint density at radius 2 is 1.86 bits per heavy atom. The molecule has 1 heterocycles. The maximum absolute atomic E-state index is 13.2. The van der Waals surface area contributed by atoms with Gasteiger partial charge in [-0.1, -0.05) is 30.0 Å². The fourth-order valence-corrected chi connectivity index (χ4v) is 3.04. The number of nitrogens with zero attached hydrogens (tertiary/aromatic N) is 2. The van der Waals surface area contributed by atoms with Crippen molar-refractivity contribution >= 4 is 29.3 Å². The molecule has 2 aromatic carbocycles. The summed E-state index contributed by atoms with van der Waals surface area (Å²) in [7, 11) is 0. The smallest absolute Gasteiger partial charge is 0.270 e. The van der Waals surface area contributed by atoms with Crippen molar-refractivity contribution in [3.63, 3.8) is 0 Å². The number of aromatic nitrogens is 2. The van der Waals surface area contributed by atoms with Crippen LogP contribution in [0.5, 0.6) is 0 Å². The number of nitrogens with one attached hydrogen (secondary N) is 2. The van der Waals surface area contributed by atoms with Gasteiger partial charge in [0.1, 0.15) is 5.69 Å². The Balaban J connectivity index is 1.69. The number of thioether (sulfide) groups is 1. The van der Waals surface area contributed by atoms with Crippen molar-refractivity contribution in [2.24, 2.45) is 0 Å². The molecule has 144 valence electrons. The molecule has 6 nitrogen and oxygen atoms in total. The third kappa shape index (κ3) is 4.37. The third-order valence-corrected chi connectivity index (χ3v) is 4.43. The fourth-order valence-electron chi connectivity index (χ4n) is 2.50. The highest BCUT2D eigenvalue weighted by atomic mass is 32.2. The molecule has 1 aromatic heterocycles. The van der Waals surface area contributed by atoms with Gasteiger partial charge in [0.2, 0.25) is 5.91 Å². The number of benzene rings is 2. The first-order chi connectivity index (χ1) is 13.5. The number of amides is 2. The van der Waals surface area contributed by atoms with Crippen LogP contribution in [0.25, 0.3) is 5.69 Å². The lowest BCUT2D eigenvalue weighted by Gasteiger charge is -2.11. The first kappa shape index (κ1) is 19.6. The normalized spacial score (nSPS) is 10.5. The minimum atomic E-state index is -1.07. The van der Waals surface area contributed by atoms with Crippen LogP contribution in [0, 0.1) is 11.6 Å².